The topological polar surface area (TPSA) is 61.8 Å². The van der Waals surface area contributed by atoms with Crippen molar-refractivity contribution in [3.05, 3.63) is 18.1 Å². The second kappa shape index (κ2) is 5.05. The van der Waals surface area contributed by atoms with Gasteiger partial charge in [0.1, 0.15) is 11.6 Å². The highest BCUT2D eigenvalue weighted by molar-refractivity contribution is 5.73. The summed E-state index contributed by atoms with van der Waals surface area (Å²) in [6.45, 7) is 7.26. The third kappa shape index (κ3) is 2.25. The Balaban J connectivity index is 1.31. The highest BCUT2D eigenvalue weighted by atomic mass is 16.6. The molecule has 1 spiro atoms. The summed E-state index contributed by atoms with van der Waals surface area (Å²) in [4.78, 5) is 27.6. The lowest BCUT2D eigenvalue weighted by Crippen LogP contribution is -2.71. The third-order valence-corrected chi connectivity index (χ3v) is 5.81. The van der Waals surface area contributed by atoms with Gasteiger partial charge in [-0.2, -0.15) is 0 Å². The number of amides is 1. The minimum absolute atomic E-state index is 0.135. The van der Waals surface area contributed by atoms with E-state index in [-0.39, 0.29) is 17.7 Å². The molecule has 4 aliphatic rings. The number of aromatic nitrogens is 2. The SMILES string of the molecule is Cc1nccc(N2CC3(C2)OC(=O)N2CCN(CC4CC4)CC23)n1. The van der Waals surface area contributed by atoms with E-state index in [0.717, 1.165) is 50.3 Å². The lowest BCUT2D eigenvalue weighted by molar-refractivity contribution is -0.00936. The Hall–Kier alpha value is -1.89. The zero-order valence-electron chi connectivity index (χ0n) is 14.0. The molecule has 0 aromatic carbocycles. The molecule has 128 valence electrons. The van der Waals surface area contributed by atoms with Crippen molar-refractivity contribution in [2.45, 2.75) is 31.4 Å². The Bertz CT molecular complexity index is 671. The van der Waals surface area contributed by atoms with Gasteiger partial charge in [0.2, 0.25) is 0 Å². The lowest BCUT2D eigenvalue weighted by atomic mass is 9.84. The second-order valence-electron chi connectivity index (χ2n) is 7.66. The van der Waals surface area contributed by atoms with Gasteiger partial charge in [-0.05, 0) is 31.7 Å². The highest BCUT2D eigenvalue weighted by Gasteiger charge is 2.62. The van der Waals surface area contributed by atoms with Crippen molar-refractivity contribution in [2.24, 2.45) is 5.92 Å². The molecule has 7 nitrogen and oxygen atoms in total. The van der Waals surface area contributed by atoms with E-state index in [0.29, 0.717) is 0 Å². The number of ether oxygens (including phenoxy) is 1. The summed E-state index contributed by atoms with van der Waals surface area (Å²) < 4.78 is 5.86. The van der Waals surface area contributed by atoms with E-state index >= 15 is 0 Å². The van der Waals surface area contributed by atoms with Crippen molar-refractivity contribution in [2.75, 3.05) is 44.2 Å². The third-order valence-electron chi connectivity index (χ3n) is 5.81. The van der Waals surface area contributed by atoms with E-state index in [1.165, 1.54) is 19.4 Å². The summed E-state index contributed by atoms with van der Waals surface area (Å²) in [5.41, 5.74) is -0.363. The Kier molecular flexibility index (Phi) is 3.04. The number of nitrogens with zero attached hydrogens (tertiary/aromatic N) is 5. The molecule has 1 amide bonds. The van der Waals surface area contributed by atoms with Gasteiger partial charge >= 0.3 is 6.09 Å². The maximum absolute atomic E-state index is 12.3. The fourth-order valence-electron chi connectivity index (χ4n) is 4.30. The van der Waals surface area contributed by atoms with Crippen molar-refractivity contribution in [1.29, 1.82) is 0 Å². The van der Waals surface area contributed by atoms with Gasteiger partial charge in [0.15, 0.2) is 5.60 Å². The van der Waals surface area contributed by atoms with Crippen molar-refractivity contribution in [3.8, 4) is 0 Å². The first-order valence-electron chi connectivity index (χ1n) is 8.89. The van der Waals surface area contributed by atoms with E-state index in [2.05, 4.69) is 19.8 Å². The number of hydrogen-bond donors (Lipinski definition) is 0. The van der Waals surface area contributed by atoms with Gasteiger partial charge in [0.25, 0.3) is 0 Å². The fraction of sp³-hybridized carbons (Fsp3) is 0.706. The number of piperazine rings is 1. The molecule has 1 aliphatic carbocycles. The molecule has 24 heavy (non-hydrogen) atoms. The van der Waals surface area contributed by atoms with Crippen LogP contribution in [0.25, 0.3) is 0 Å². The molecule has 0 bridgehead atoms. The number of rotatable bonds is 3. The average Bonchev–Trinajstić information content (AvgIpc) is 3.29. The zero-order chi connectivity index (χ0) is 16.3. The smallest absolute Gasteiger partial charge is 0.411 e. The lowest BCUT2D eigenvalue weighted by Gasteiger charge is -2.51. The molecule has 0 N–H and O–H groups in total. The van der Waals surface area contributed by atoms with Gasteiger partial charge in [-0.3, -0.25) is 9.80 Å². The van der Waals surface area contributed by atoms with Crippen LogP contribution in [0, 0.1) is 12.8 Å². The Morgan fingerprint density at radius 1 is 1.33 bits per heavy atom. The van der Waals surface area contributed by atoms with Gasteiger partial charge in [-0.25, -0.2) is 14.8 Å². The summed E-state index contributed by atoms with van der Waals surface area (Å²) in [6, 6.07) is 2.10. The molecule has 0 radical (unpaired) electrons. The molecule has 1 aromatic heterocycles. The van der Waals surface area contributed by atoms with Gasteiger partial charge < -0.3 is 9.64 Å². The summed E-state index contributed by atoms with van der Waals surface area (Å²) in [5, 5.41) is 0. The molecule has 4 heterocycles. The van der Waals surface area contributed by atoms with Crippen molar-refractivity contribution < 1.29 is 9.53 Å². The molecule has 1 aromatic rings. The molecule has 1 unspecified atom stereocenters. The number of anilines is 1. The number of fused-ring (bicyclic) bond motifs is 2. The van der Waals surface area contributed by atoms with Crippen LogP contribution >= 0.6 is 0 Å². The first kappa shape index (κ1) is 14.5. The van der Waals surface area contributed by atoms with Crippen molar-refractivity contribution in [1.82, 2.24) is 19.8 Å². The van der Waals surface area contributed by atoms with E-state index in [4.69, 9.17) is 4.74 Å². The molecular formula is C17H23N5O2. The molecule has 3 aliphatic heterocycles. The maximum atomic E-state index is 12.3. The summed E-state index contributed by atoms with van der Waals surface area (Å²) in [5.74, 6) is 2.58. The average molecular weight is 329 g/mol. The van der Waals surface area contributed by atoms with Gasteiger partial charge in [0.05, 0.1) is 19.1 Å². The molecule has 7 heteroatoms. The van der Waals surface area contributed by atoms with E-state index in [9.17, 15) is 4.79 Å². The quantitative estimate of drug-likeness (QED) is 0.821. The van der Waals surface area contributed by atoms with Crippen LogP contribution in [0.2, 0.25) is 0 Å². The van der Waals surface area contributed by atoms with Crippen molar-refractivity contribution >= 4 is 11.9 Å². The maximum Gasteiger partial charge on any atom is 0.411 e. The molecular weight excluding hydrogens is 306 g/mol. The number of carbonyl (C=O) groups is 1. The minimum atomic E-state index is -0.363. The van der Waals surface area contributed by atoms with Crippen LogP contribution in [0.4, 0.5) is 10.6 Å². The fourth-order valence-corrected chi connectivity index (χ4v) is 4.30. The predicted molar refractivity (Wildman–Crippen MR) is 87.9 cm³/mol. The van der Waals surface area contributed by atoms with E-state index in [1.54, 1.807) is 6.20 Å². The van der Waals surface area contributed by atoms with Crippen molar-refractivity contribution in [3.63, 3.8) is 0 Å². The number of aryl methyl sites for hydroxylation is 1. The van der Waals surface area contributed by atoms with E-state index in [1.807, 2.05) is 17.9 Å². The second-order valence-corrected chi connectivity index (χ2v) is 7.66. The normalized spacial score (nSPS) is 28.7. The largest absolute Gasteiger partial charge is 0.437 e. The monoisotopic (exact) mass is 329 g/mol. The molecule has 5 rings (SSSR count). The van der Waals surface area contributed by atoms with Gasteiger partial charge in [0, 0.05) is 32.4 Å². The van der Waals surface area contributed by atoms with Crippen LogP contribution in [0.5, 0.6) is 0 Å². The molecule has 4 fully saturated rings. The molecule has 1 saturated carbocycles. The first-order valence-corrected chi connectivity index (χ1v) is 8.89. The van der Waals surface area contributed by atoms with Gasteiger partial charge in [-0.15, -0.1) is 0 Å². The Morgan fingerprint density at radius 2 is 2.17 bits per heavy atom. The Morgan fingerprint density at radius 3 is 2.92 bits per heavy atom. The first-order chi connectivity index (χ1) is 11.6. The summed E-state index contributed by atoms with van der Waals surface area (Å²) in [6.07, 6.45) is 4.39. The molecule has 3 saturated heterocycles. The van der Waals surface area contributed by atoms with Crippen LogP contribution in [-0.4, -0.2) is 76.8 Å². The number of carbonyl (C=O) groups excluding carboxylic acids is 1. The number of hydrogen-bond acceptors (Lipinski definition) is 6. The standard InChI is InChI=1S/C17H23N5O2/c1-12-18-5-4-15(19-12)21-10-17(11-21)14-9-20(8-13-2-3-13)6-7-22(14)16(23)24-17/h4-5,13-14H,2-3,6-11H2,1H3. The van der Waals surface area contributed by atoms with Crippen LogP contribution in [0.3, 0.4) is 0 Å². The van der Waals surface area contributed by atoms with Crippen LogP contribution in [0.1, 0.15) is 18.7 Å². The zero-order valence-corrected chi connectivity index (χ0v) is 14.0. The summed E-state index contributed by atoms with van der Waals surface area (Å²) >= 11 is 0. The van der Waals surface area contributed by atoms with Crippen LogP contribution in [0.15, 0.2) is 12.3 Å². The van der Waals surface area contributed by atoms with Crippen LogP contribution in [-0.2, 0) is 4.74 Å². The Labute approximate surface area is 141 Å². The predicted octanol–water partition coefficient (Wildman–Crippen LogP) is 0.890. The molecule has 1 atom stereocenters. The summed E-state index contributed by atoms with van der Waals surface area (Å²) in [7, 11) is 0. The highest BCUT2D eigenvalue weighted by Crippen LogP contribution is 2.41. The minimum Gasteiger partial charge on any atom is -0.437 e. The van der Waals surface area contributed by atoms with E-state index < -0.39 is 0 Å². The van der Waals surface area contributed by atoms with Gasteiger partial charge in [-0.1, -0.05) is 0 Å². The van der Waals surface area contributed by atoms with Crippen LogP contribution < -0.4 is 4.90 Å².